The van der Waals surface area contributed by atoms with Crippen molar-refractivity contribution in [1.82, 2.24) is 4.31 Å². The van der Waals surface area contributed by atoms with Gasteiger partial charge in [-0.3, -0.25) is 4.79 Å². The van der Waals surface area contributed by atoms with Gasteiger partial charge in [-0.25, -0.2) is 13.2 Å². The maximum atomic E-state index is 13.7. The molecule has 182 valence electrons. The SMILES string of the molecule is COC(=O)C1CN(C(=O)C2CCCN(S(=O)(=O)c3c(C)cc(C)cc3C)C2)c2ccccc2O1. The number of fused-ring (bicyclic) bond motifs is 1. The molecule has 0 saturated carbocycles. The zero-order valence-corrected chi connectivity index (χ0v) is 20.7. The minimum Gasteiger partial charge on any atom is -0.475 e. The summed E-state index contributed by atoms with van der Waals surface area (Å²) in [7, 11) is -2.49. The number of esters is 1. The number of anilines is 1. The molecule has 8 nitrogen and oxygen atoms in total. The molecule has 0 radical (unpaired) electrons. The van der Waals surface area contributed by atoms with Gasteiger partial charge in [-0.2, -0.15) is 4.31 Å². The fraction of sp³-hybridized carbons (Fsp3) is 0.440. The highest BCUT2D eigenvalue weighted by Crippen LogP contribution is 2.36. The lowest BCUT2D eigenvalue weighted by molar-refractivity contribution is -0.148. The van der Waals surface area contributed by atoms with Crippen LogP contribution in [0.15, 0.2) is 41.3 Å². The molecule has 0 N–H and O–H groups in total. The van der Waals surface area contributed by atoms with Gasteiger partial charge in [-0.1, -0.05) is 29.8 Å². The number of benzene rings is 2. The molecule has 0 aromatic heterocycles. The van der Waals surface area contributed by atoms with Crippen molar-refractivity contribution in [2.75, 3.05) is 31.6 Å². The lowest BCUT2D eigenvalue weighted by Gasteiger charge is -2.38. The van der Waals surface area contributed by atoms with Crippen LogP contribution in [0, 0.1) is 26.7 Å². The Labute approximate surface area is 200 Å². The fourth-order valence-corrected chi connectivity index (χ4v) is 6.92. The molecular weight excluding hydrogens is 456 g/mol. The van der Waals surface area contributed by atoms with Crippen LogP contribution in [0.2, 0.25) is 0 Å². The summed E-state index contributed by atoms with van der Waals surface area (Å²) in [6, 6.07) is 10.8. The number of rotatable bonds is 4. The maximum absolute atomic E-state index is 13.7. The Kier molecular flexibility index (Phi) is 6.69. The number of piperidine rings is 1. The molecule has 2 atom stereocenters. The standard InChI is InChI=1S/C25H30N2O6S/c1-16-12-17(2)23(18(3)13-16)34(30,31)26-11-7-8-19(14-26)24(28)27-15-22(25(29)32-4)33-21-10-6-5-9-20(21)27/h5-6,9-10,12-13,19,22H,7-8,11,14-15H2,1-4H3. The number of ether oxygens (including phenoxy) is 2. The summed E-state index contributed by atoms with van der Waals surface area (Å²) in [4.78, 5) is 27.7. The number of hydrogen-bond acceptors (Lipinski definition) is 6. The molecule has 9 heteroatoms. The van der Waals surface area contributed by atoms with Crippen molar-refractivity contribution >= 4 is 27.6 Å². The zero-order valence-electron chi connectivity index (χ0n) is 19.9. The molecule has 1 amide bonds. The average Bonchev–Trinajstić information content (AvgIpc) is 2.81. The van der Waals surface area contributed by atoms with Gasteiger partial charge in [-0.15, -0.1) is 0 Å². The van der Waals surface area contributed by atoms with E-state index in [1.165, 1.54) is 16.3 Å². The molecule has 2 aromatic carbocycles. The first-order valence-electron chi connectivity index (χ1n) is 11.4. The highest BCUT2D eigenvalue weighted by molar-refractivity contribution is 7.89. The van der Waals surface area contributed by atoms with E-state index in [0.29, 0.717) is 46.8 Å². The molecule has 34 heavy (non-hydrogen) atoms. The molecule has 2 aromatic rings. The van der Waals surface area contributed by atoms with Crippen molar-refractivity contribution < 1.29 is 27.5 Å². The van der Waals surface area contributed by atoms with Crippen molar-refractivity contribution in [3.8, 4) is 5.75 Å². The Balaban J connectivity index is 1.61. The topological polar surface area (TPSA) is 93.2 Å². The number of carbonyl (C=O) groups excluding carboxylic acids is 2. The zero-order chi connectivity index (χ0) is 24.6. The Bertz CT molecular complexity index is 1200. The molecule has 2 unspecified atom stereocenters. The van der Waals surface area contributed by atoms with Crippen LogP contribution in [-0.4, -0.2) is 57.4 Å². The maximum Gasteiger partial charge on any atom is 0.348 e. The van der Waals surface area contributed by atoms with E-state index in [2.05, 4.69) is 0 Å². The molecule has 1 fully saturated rings. The molecule has 1 saturated heterocycles. The number of methoxy groups -OCH3 is 1. The third-order valence-electron chi connectivity index (χ3n) is 6.44. The summed E-state index contributed by atoms with van der Waals surface area (Å²) in [5.41, 5.74) is 2.98. The third kappa shape index (κ3) is 4.42. The molecule has 0 aliphatic carbocycles. The minimum atomic E-state index is -3.76. The second-order valence-electron chi connectivity index (χ2n) is 8.98. The van der Waals surface area contributed by atoms with Crippen LogP contribution in [0.5, 0.6) is 5.75 Å². The Morgan fingerprint density at radius 3 is 2.41 bits per heavy atom. The monoisotopic (exact) mass is 486 g/mol. The molecule has 2 heterocycles. The van der Waals surface area contributed by atoms with Crippen molar-refractivity contribution in [3.05, 3.63) is 53.1 Å². The molecule has 0 spiro atoms. The average molecular weight is 487 g/mol. The third-order valence-corrected chi connectivity index (χ3v) is 8.61. The summed E-state index contributed by atoms with van der Waals surface area (Å²) in [5, 5.41) is 0. The molecule has 2 aliphatic heterocycles. The Hall–Kier alpha value is -2.91. The van der Waals surface area contributed by atoms with Crippen LogP contribution in [0.25, 0.3) is 0 Å². The number of aryl methyl sites for hydroxylation is 3. The van der Waals surface area contributed by atoms with E-state index in [1.54, 1.807) is 38.1 Å². The van der Waals surface area contributed by atoms with Crippen LogP contribution in [0.3, 0.4) is 0 Å². The quantitative estimate of drug-likeness (QED) is 0.617. The van der Waals surface area contributed by atoms with E-state index in [9.17, 15) is 18.0 Å². The second kappa shape index (κ2) is 9.38. The predicted molar refractivity (Wildman–Crippen MR) is 127 cm³/mol. The summed E-state index contributed by atoms with van der Waals surface area (Å²) in [5.74, 6) is -0.893. The van der Waals surface area contributed by atoms with Crippen LogP contribution in [0.1, 0.15) is 29.5 Å². The van der Waals surface area contributed by atoms with Crippen molar-refractivity contribution in [3.63, 3.8) is 0 Å². The first kappa shape index (κ1) is 24.2. The highest BCUT2D eigenvalue weighted by Gasteiger charge is 2.40. The normalized spacial score (nSPS) is 20.9. The van der Waals surface area contributed by atoms with Gasteiger partial charge in [0.25, 0.3) is 0 Å². The van der Waals surface area contributed by atoms with Gasteiger partial charge in [0, 0.05) is 13.1 Å². The van der Waals surface area contributed by atoms with Gasteiger partial charge in [0.15, 0.2) is 0 Å². The van der Waals surface area contributed by atoms with Crippen LogP contribution < -0.4 is 9.64 Å². The van der Waals surface area contributed by atoms with Crippen molar-refractivity contribution in [1.29, 1.82) is 0 Å². The molecule has 0 bridgehead atoms. The number of sulfonamides is 1. The highest BCUT2D eigenvalue weighted by atomic mass is 32.2. The lowest BCUT2D eigenvalue weighted by Crippen LogP contribution is -2.52. The van der Waals surface area contributed by atoms with Gasteiger partial charge < -0.3 is 14.4 Å². The van der Waals surface area contributed by atoms with Crippen LogP contribution >= 0.6 is 0 Å². The largest absolute Gasteiger partial charge is 0.475 e. The van der Waals surface area contributed by atoms with Crippen LogP contribution in [-0.2, 0) is 24.3 Å². The number of amides is 1. The molecule has 2 aliphatic rings. The number of nitrogens with zero attached hydrogens (tertiary/aromatic N) is 2. The van der Waals surface area contributed by atoms with Gasteiger partial charge in [0.1, 0.15) is 5.75 Å². The summed E-state index contributed by atoms with van der Waals surface area (Å²) < 4.78 is 39.2. The minimum absolute atomic E-state index is 0.0158. The van der Waals surface area contributed by atoms with E-state index in [1.807, 2.05) is 19.1 Å². The van der Waals surface area contributed by atoms with Gasteiger partial charge in [0.2, 0.25) is 22.0 Å². The van der Waals surface area contributed by atoms with Gasteiger partial charge >= 0.3 is 5.97 Å². The van der Waals surface area contributed by atoms with E-state index in [-0.39, 0.29) is 19.0 Å². The van der Waals surface area contributed by atoms with E-state index in [4.69, 9.17) is 9.47 Å². The van der Waals surface area contributed by atoms with Gasteiger partial charge in [-0.05, 0) is 56.9 Å². The number of carbonyl (C=O) groups is 2. The smallest absolute Gasteiger partial charge is 0.348 e. The summed E-state index contributed by atoms with van der Waals surface area (Å²) in [6.07, 6.45) is 0.204. The number of para-hydroxylation sites is 2. The predicted octanol–water partition coefficient (Wildman–Crippen LogP) is 2.98. The van der Waals surface area contributed by atoms with Crippen LogP contribution in [0.4, 0.5) is 5.69 Å². The lowest BCUT2D eigenvalue weighted by atomic mass is 9.97. The summed E-state index contributed by atoms with van der Waals surface area (Å²) in [6.45, 7) is 6.02. The molecular formula is C25H30N2O6S. The Morgan fingerprint density at radius 2 is 1.74 bits per heavy atom. The van der Waals surface area contributed by atoms with E-state index >= 15 is 0 Å². The Morgan fingerprint density at radius 1 is 1.06 bits per heavy atom. The second-order valence-corrected chi connectivity index (χ2v) is 10.9. The van der Waals surface area contributed by atoms with Crippen molar-refractivity contribution in [2.24, 2.45) is 5.92 Å². The van der Waals surface area contributed by atoms with Gasteiger partial charge in [0.05, 0.1) is 30.2 Å². The van der Waals surface area contributed by atoms with E-state index < -0.39 is 28.0 Å². The van der Waals surface area contributed by atoms with E-state index in [0.717, 1.165) is 5.56 Å². The first-order valence-corrected chi connectivity index (χ1v) is 12.8. The fourth-order valence-electron chi connectivity index (χ4n) is 4.98. The summed E-state index contributed by atoms with van der Waals surface area (Å²) >= 11 is 0. The number of hydrogen-bond donors (Lipinski definition) is 0. The van der Waals surface area contributed by atoms with Crippen molar-refractivity contribution in [2.45, 2.75) is 44.6 Å². The first-order chi connectivity index (χ1) is 16.1. The molecule has 4 rings (SSSR count).